The molecule has 23 heavy (non-hydrogen) atoms. The summed E-state index contributed by atoms with van der Waals surface area (Å²) in [6, 6.07) is 13.1. The molecule has 0 spiro atoms. The third kappa shape index (κ3) is 3.34. The maximum Gasteiger partial charge on any atom is 0.253 e. The smallest absolute Gasteiger partial charge is 0.253 e. The SMILES string of the molecule is CC[C@@H](CNC(=O)c1cc(C)n(C2CC2)c1C)c1ccccc1. The van der Waals surface area contributed by atoms with Crippen LogP contribution in [0.15, 0.2) is 36.4 Å². The van der Waals surface area contributed by atoms with E-state index in [4.69, 9.17) is 0 Å². The third-order valence-electron chi connectivity index (χ3n) is 4.91. The highest BCUT2D eigenvalue weighted by Gasteiger charge is 2.28. The van der Waals surface area contributed by atoms with E-state index in [1.54, 1.807) is 0 Å². The average molecular weight is 310 g/mol. The molecule has 0 saturated heterocycles. The highest BCUT2D eigenvalue weighted by atomic mass is 16.1. The van der Waals surface area contributed by atoms with Crippen LogP contribution in [0.2, 0.25) is 0 Å². The van der Waals surface area contributed by atoms with Crippen LogP contribution in [0, 0.1) is 13.8 Å². The monoisotopic (exact) mass is 310 g/mol. The van der Waals surface area contributed by atoms with E-state index in [0.717, 1.165) is 17.7 Å². The van der Waals surface area contributed by atoms with Gasteiger partial charge in [0, 0.05) is 29.9 Å². The van der Waals surface area contributed by atoms with Crippen LogP contribution >= 0.6 is 0 Å². The molecule has 0 bridgehead atoms. The molecule has 1 aliphatic rings. The minimum atomic E-state index is 0.0550. The van der Waals surface area contributed by atoms with E-state index >= 15 is 0 Å². The zero-order chi connectivity index (χ0) is 16.4. The summed E-state index contributed by atoms with van der Waals surface area (Å²) in [5, 5.41) is 3.14. The van der Waals surface area contributed by atoms with Crippen LogP contribution in [0.25, 0.3) is 0 Å². The highest BCUT2D eigenvalue weighted by Crippen LogP contribution is 2.38. The van der Waals surface area contributed by atoms with Crippen LogP contribution in [0.4, 0.5) is 0 Å². The van der Waals surface area contributed by atoms with Crippen molar-refractivity contribution in [3.63, 3.8) is 0 Å². The van der Waals surface area contributed by atoms with Crippen LogP contribution in [-0.2, 0) is 0 Å². The molecule has 1 fully saturated rings. The molecule has 1 aliphatic carbocycles. The second kappa shape index (κ2) is 6.61. The van der Waals surface area contributed by atoms with Crippen molar-refractivity contribution in [3.05, 3.63) is 58.9 Å². The Morgan fingerprint density at radius 1 is 1.26 bits per heavy atom. The van der Waals surface area contributed by atoms with Gasteiger partial charge in [0.1, 0.15) is 0 Å². The lowest BCUT2D eigenvalue weighted by molar-refractivity contribution is 0.0950. The molecule has 3 nitrogen and oxygen atoms in total. The standard InChI is InChI=1S/C20H26N2O/c1-4-16(17-8-6-5-7-9-17)13-21-20(23)19-12-14(2)22(15(19)3)18-10-11-18/h5-9,12,16,18H,4,10-11,13H2,1-3H3,(H,21,23)/t16-/m0/s1. The molecule has 3 rings (SSSR count). The van der Waals surface area contributed by atoms with E-state index < -0.39 is 0 Å². The normalized spacial score (nSPS) is 15.4. The lowest BCUT2D eigenvalue weighted by Gasteiger charge is -2.16. The van der Waals surface area contributed by atoms with Gasteiger partial charge in [0.2, 0.25) is 0 Å². The number of carbonyl (C=O) groups is 1. The predicted octanol–water partition coefficient (Wildman–Crippen LogP) is 4.36. The second-order valence-corrected chi connectivity index (χ2v) is 6.61. The van der Waals surface area contributed by atoms with Gasteiger partial charge in [-0.15, -0.1) is 0 Å². The Morgan fingerprint density at radius 3 is 2.57 bits per heavy atom. The fourth-order valence-electron chi connectivity index (χ4n) is 3.44. The molecular weight excluding hydrogens is 284 g/mol. The van der Waals surface area contributed by atoms with Gasteiger partial charge in [-0.3, -0.25) is 4.79 Å². The molecule has 122 valence electrons. The molecule has 1 heterocycles. The van der Waals surface area contributed by atoms with Gasteiger partial charge in [0.25, 0.3) is 5.91 Å². The summed E-state index contributed by atoms with van der Waals surface area (Å²) in [4.78, 5) is 12.6. The number of carbonyl (C=O) groups excluding carboxylic acids is 1. The molecule has 2 aromatic rings. The second-order valence-electron chi connectivity index (χ2n) is 6.61. The summed E-state index contributed by atoms with van der Waals surface area (Å²) in [5.74, 6) is 0.423. The number of hydrogen-bond donors (Lipinski definition) is 1. The number of hydrogen-bond acceptors (Lipinski definition) is 1. The number of nitrogens with one attached hydrogen (secondary N) is 1. The van der Waals surface area contributed by atoms with Crippen LogP contribution in [0.1, 0.15) is 65.5 Å². The lowest BCUT2D eigenvalue weighted by Crippen LogP contribution is -2.28. The molecule has 0 aliphatic heterocycles. The van der Waals surface area contributed by atoms with Gasteiger partial charge in [0.15, 0.2) is 0 Å². The summed E-state index contributed by atoms with van der Waals surface area (Å²) in [6.07, 6.45) is 3.50. The van der Waals surface area contributed by atoms with Gasteiger partial charge < -0.3 is 9.88 Å². The molecule has 1 amide bonds. The topological polar surface area (TPSA) is 34.0 Å². The van der Waals surface area contributed by atoms with Gasteiger partial charge in [-0.25, -0.2) is 0 Å². The molecule has 0 radical (unpaired) electrons. The summed E-state index contributed by atoms with van der Waals surface area (Å²) >= 11 is 0. The van der Waals surface area contributed by atoms with Crippen molar-refractivity contribution in [1.82, 2.24) is 9.88 Å². The molecule has 1 N–H and O–H groups in total. The molecule has 1 aromatic heterocycles. The summed E-state index contributed by atoms with van der Waals surface area (Å²) in [6.45, 7) is 7.02. The summed E-state index contributed by atoms with van der Waals surface area (Å²) in [7, 11) is 0. The van der Waals surface area contributed by atoms with Gasteiger partial charge in [-0.1, -0.05) is 37.3 Å². The number of nitrogens with zero attached hydrogens (tertiary/aromatic N) is 1. The highest BCUT2D eigenvalue weighted by molar-refractivity contribution is 5.95. The third-order valence-corrected chi connectivity index (χ3v) is 4.91. The Balaban J connectivity index is 1.68. The Bertz CT molecular complexity index is 683. The average Bonchev–Trinajstić information content (AvgIpc) is 3.34. The van der Waals surface area contributed by atoms with Crippen molar-refractivity contribution in [1.29, 1.82) is 0 Å². The first-order valence-electron chi connectivity index (χ1n) is 8.63. The zero-order valence-electron chi connectivity index (χ0n) is 14.3. The first kappa shape index (κ1) is 15.9. The first-order valence-corrected chi connectivity index (χ1v) is 8.63. The van der Waals surface area contributed by atoms with Crippen molar-refractivity contribution in [2.45, 2.75) is 52.0 Å². The van der Waals surface area contributed by atoms with Crippen molar-refractivity contribution < 1.29 is 4.79 Å². The Hall–Kier alpha value is -2.03. The van der Waals surface area contributed by atoms with E-state index in [0.29, 0.717) is 18.5 Å². The Kier molecular flexibility index (Phi) is 4.56. The fraction of sp³-hybridized carbons (Fsp3) is 0.450. The number of aromatic nitrogens is 1. The minimum absolute atomic E-state index is 0.0550. The number of rotatable bonds is 6. The molecule has 3 heteroatoms. The van der Waals surface area contributed by atoms with E-state index in [-0.39, 0.29) is 5.91 Å². The van der Waals surface area contributed by atoms with Crippen LogP contribution < -0.4 is 5.32 Å². The van der Waals surface area contributed by atoms with Crippen molar-refractivity contribution in [3.8, 4) is 0 Å². The van der Waals surface area contributed by atoms with Crippen molar-refractivity contribution >= 4 is 5.91 Å². The molecular formula is C20H26N2O. The Labute approximate surface area is 138 Å². The van der Waals surface area contributed by atoms with Gasteiger partial charge in [-0.2, -0.15) is 0 Å². The quantitative estimate of drug-likeness (QED) is 0.845. The van der Waals surface area contributed by atoms with E-state index in [1.165, 1.54) is 24.1 Å². The first-order chi connectivity index (χ1) is 11.1. The van der Waals surface area contributed by atoms with Crippen LogP contribution in [0.3, 0.4) is 0 Å². The number of amides is 1. The predicted molar refractivity (Wildman–Crippen MR) is 94.0 cm³/mol. The van der Waals surface area contributed by atoms with Gasteiger partial charge in [-0.05, 0) is 44.7 Å². The number of benzene rings is 1. The van der Waals surface area contributed by atoms with Crippen LogP contribution in [0.5, 0.6) is 0 Å². The maximum atomic E-state index is 12.6. The van der Waals surface area contributed by atoms with Crippen LogP contribution in [-0.4, -0.2) is 17.0 Å². The number of aryl methyl sites for hydroxylation is 1. The largest absolute Gasteiger partial charge is 0.351 e. The minimum Gasteiger partial charge on any atom is -0.351 e. The molecule has 1 aromatic carbocycles. The molecule has 0 unspecified atom stereocenters. The lowest BCUT2D eigenvalue weighted by atomic mass is 9.96. The van der Waals surface area contributed by atoms with E-state index in [1.807, 2.05) is 12.1 Å². The van der Waals surface area contributed by atoms with Crippen molar-refractivity contribution in [2.24, 2.45) is 0 Å². The zero-order valence-corrected chi connectivity index (χ0v) is 14.3. The van der Waals surface area contributed by atoms with E-state index in [2.05, 4.69) is 54.9 Å². The summed E-state index contributed by atoms with van der Waals surface area (Å²) in [5.41, 5.74) is 4.43. The molecule has 1 saturated carbocycles. The van der Waals surface area contributed by atoms with E-state index in [9.17, 15) is 4.79 Å². The summed E-state index contributed by atoms with van der Waals surface area (Å²) < 4.78 is 2.32. The maximum absolute atomic E-state index is 12.6. The van der Waals surface area contributed by atoms with Gasteiger partial charge >= 0.3 is 0 Å². The Morgan fingerprint density at radius 2 is 1.96 bits per heavy atom. The fourth-order valence-corrected chi connectivity index (χ4v) is 3.44. The van der Waals surface area contributed by atoms with Gasteiger partial charge in [0.05, 0.1) is 5.56 Å². The molecule has 1 atom stereocenters. The van der Waals surface area contributed by atoms with Crippen molar-refractivity contribution in [2.75, 3.05) is 6.54 Å².